The van der Waals surface area contributed by atoms with Crippen LogP contribution in [0.2, 0.25) is 0 Å². The molecule has 0 spiro atoms. The van der Waals surface area contributed by atoms with Crippen molar-refractivity contribution in [1.29, 1.82) is 0 Å². The lowest BCUT2D eigenvalue weighted by atomic mass is 10.2. The van der Waals surface area contributed by atoms with Gasteiger partial charge in [0.25, 0.3) is 0 Å². The molecule has 0 saturated carbocycles. The average Bonchev–Trinajstić information content (AvgIpc) is 2.85. The Labute approximate surface area is 108 Å². The van der Waals surface area contributed by atoms with Gasteiger partial charge in [0.05, 0.1) is 5.39 Å². The van der Waals surface area contributed by atoms with Crippen LogP contribution in [0.3, 0.4) is 0 Å². The van der Waals surface area contributed by atoms with E-state index in [4.69, 9.17) is 5.73 Å². The Morgan fingerprint density at radius 1 is 1.17 bits per heavy atom. The Hall–Kier alpha value is -2.21. The largest absolute Gasteiger partial charge is 0.368 e. The van der Waals surface area contributed by atoms with Gasteiger partial charge in [0.1, 0.15) is 10.6 Å². The minimum Gasteiger partial charge on any atom is -0.368 e. The first-order valence-electron chi connectivity index (χ1n) is 5.46. The summed E-state index contributed by atoms with van der Waals surface area (Å²) < 4.78 is 0. The molecule has 0 aliphatic heterocycles. The molecule has 0 atom stereocenters. The molecule has 0 aliphatic rings. The van der Waals surface area contributed by atoms with Crippen LogP contribution in [0, 0.1) is 0 Å². The van der Waals surface area contributed by atoms with Crippen molar-refractivity contribution in [1.82, 2.24) is 15.0 Å². The van der Waals surface area contributed by atoms with Gasteiger partial charge in [0.15, 0.2) is 0 Å². The number of thiophene rings is 1. The summed E-state index contributed by atoms with van der Waals surface area (Å²) in [6, 6.07) is 5.92. The average molecular weight is 257 g/mol. The fourth-order valence-corrected chi connectivity index (χ4v) is 2.46. The van der Waals surface area contributed by atoms with E-state index in [1.807, 2.05) is 23.6 Å². The Bertz CT molecular complexity index is 665. The number of aromatic nitrogens is 3. The zero-order valence-corrected chi connectivity index (χ0v) is 10.3. The number of pyridine rings is 1. The maximum atomic E-state index is 5.69. The summed E-state index contributed by atoms with van der Waals surface area (Å²) in [7, 11) is 0. The SMILES string of the molecule is Nc1nc(NCc2ccncc2)c2ccsc2n1. The number of hydrogen-bond donors (Lipinski definition) is 2. The van der Waals surface area contributed by atoms with Crippen LogP contribution in [0.1, 0.15) is 5.56 Å². The van der Waals surface area contributed by atoms with Crippen LogP contribution in [0.25, 0.3) is 10.2 Å². The van der Waals surface area contributed by atoms with Crippen molar-refractivity contribution < 1.29 is 0 Å². The monoisotopic (exact) mass is 257 g/mol. The molecule has 3 heterocycles. The van der Waals surface area contributed by atoms with Crippen molar-refractivity contribution in [3.63, 3.8) is 0 Å². The summed E-state index contributed by atoms with van der Waals surface area (Å²) >= 11 is 1.56. The van der Waals surface area contributed by atoms with Gasteiger partial charge in [-0.15, -0.1) is 11.3 Å². The predicted octanol–water partition coefficient (Wildman–Crippen LogP) is 2.28. The summed E-state index contributed by atoms with van der Waals surface area (Å²) in [6.45, 7) is 0.684. The summed E-state index contributed by atoms with van der Waals surface area (Å²) in [5.74, 6) is 1.07. The van der Waals surface area contributed by atoms with E-state index in [1.54, 1.807) is 23.7 Å². The van der Waals surface area contributed by atoms with E-state index in [0.717, 1.165) is 21.6 Å². The smallest absolute Gasteiger partial charge is 0.223 e. The van der Waals surface area contributed by atoms with E-state index in [0.29, 0.717) is 12.5 Å². The van der Waals surface area contributed by atoms with E-state index < -0.39 is 0 Å². The lowest BCUT2D eigenvalue weighted by Gasteiger charge is -2.07. The quantitative estimate of drug-likeness (QED) is 0.752. The predicted molar refractivity (Wildman–Crippen MR) is 73.4 cm³/mol. The Kier molecular flexibility index (Phi) is 2.77. The molecule has 3 aromatic rings. The molecule has 0 amide bonds. The maximum Gasteiger partial charge on any atom is 0.223 e. The highest BCUT2D eigenvalue weighted by Crippen LogP contribution is 2.25. The zero-order valence-electron chi connectivity index (χ0n) is 9.50. The minimum absolute atomic E-state index is 0.294. The Balaban J connectivity index is 1.88. The maximum absolute atomic E-state index is 5.69. The van der Waals surface area contributed by atoms with Crippen molar-refractivity contribution in [3.05, 3.63) is 41.5 Å². The normalized spacial score (nSPS) is 10.7. The molecule has 0 bridgehead atoms. The first-order chi connectivity index (χ1) is 8.83. The number of hydrogen-bond acceptors (Lipinski definition) is 6. The van der Waals surface area contributed by atoms with E-state index in [1.165, 1.54) is 0 Å². The number of anilines is 2. The topological polar surface area (TPSA) is 76.7 Å². The number of nitrogens with zero attached hydrogens (tertiary/aromatic N) is 3. The van der Waals surface area contributed by atoms with Crippen molar-refractivity contribution in [3.8, 4) is 0 Å². The minimum atomic E-state index is 0.294. The van der Waals surface area contributed by atoms with Crippen LogP contribution in [0.15, 0.2) is 36.0 Å². The molecule has 3 N–H and O–H groups in total. The number of fused-ring (bicyclic) bond motifs is 1. The van der Waals surface area contributed by atoms with Gasteiger partial charge in [-0.2, -0.15) is 4.98 Å². The number of rotatable bonds is 3. The van der Waals surface area contributed by atoms with Gasteiger partial charge in [-0.05, 0) is 29.1 Å². The first-order valence-corrected chi connectivity index (χ1v) is 6.34. The van der Waals surface area contributed by atoms with Crippen LogP contribution in [0.4, 0.5) is 11.8 Å². The van der Waals surface area contributed by atoms with Gasteiger partial charge in [-0.25, -0.2) is 4.98 Å². The molecule has 0 aromatic carbocycles. The van der Waals surface area contributed by atoms with Crippen molar-refractivity contribution >= 4 is 33.3 Å². The van der Waals surface area contributed by atoms with E-state index in [-0.39, 0.29) is 0 Å². The van der Waals surface area contributed by atoms with E-state index in [9.17, 15) is 0 Å². The lowest BCUT2D eigenvalue weighted by molar-refractivity contribution is 1.10. The molecule has 0 unspecified atom stereocenters. The zero-order chi connectivity index (χ0) is 12.4. The second kappa shape index (κ2) is 4.58. The van der Waals surface area contributed by atoms with Gasteiger partial charge >= 0.3 is 0 Å². The number of nitrogens with one attached hydrogen (secondary N) is 1. The van der Waals surface area contributed by atoms with Crippen LogP contribution in [0.5, 0.6) is 0 Å². The van der Waals surface area contributed by atoms with Crippen molar-refractivity contribution in [2.45, 2.75) is 6.54 Å². The van der Waals surface area contributed by atoms with Crippen LogP contribution < -0.4 is 11.1 Å². The van der Waals surface area contributed by atoms with Gasteiger partial charge in [-0.3, -0.25) is 4.98 Å². The molecular weight excluding hydrogens is 246 g/mol. The Morgan fingerprint density at radius 2 is 2.00 bits per heavy atom. The van der Waals surface area contributed by atoms with Crippen molar-refractivity contribution in [2.75, 3.05) is 11.1 Å². The molecule has 3 rings (SSSR count). The third-order valence-corrected chi connectivity index (χ3v) is 3.36. The third-order valence-electron chi connectivity index (χ3n) is 2.55. The summed E-state index contributed by atoms with van der Waals surface area (Å²) in [5, 5.41) is 6.26. The van der Waals surface area contributed by atoms with Crippen LogP contribution in [-0.2, 0) is 6.54 Å². The first kappa shape index (κ1) is 10.9. The van der Waals surface area contributed by atoms with E-state index in [2.05, 4.69) is 20.3 Å². The Morgan fingerprint density at radius 3 is 2.83 bits per heavy atom. The molecule has 6 heteroatoms. The highest BCUT2D eigenvalue weighted by atomic mass is 32.1. The lowest BCUT2D eigenvalue weighted by Crippen LogP contribution is -2.04. The molecule has 0 radical (unpaired) electrons. The summed E-state index contributed by atoms with van der Waals surface area (Å²) in [6.07, 6.45) is 3.54. The molecule has 3 aromatic heterocycles. The number of nitrogens with two attached hydrogens (primary N) is 1. The number of nitrogen functional groups attached to an aromatic ring is 1. The van der Waals surface area contributed by atoms with Gasteiger partial charge in [0.2, 0.25) is 5.95 Å². The molecule has 90 valence electrons. The highest BCUT2D eigenvalue weighted by molar-refractivity contribution is 7.16. The van der Waals surface area contributed by atoms with Crippen LogP contribution >= 0.6 is 11.3 Å². The molecular formula is C12H11N5S. The molecule has 0 saturated heterocycles. The standard InChI is InChI=1S/C12H11N5S/c13-12-16-10(9-3-6-18-11(9)17-12)15-7-8-1-4-14-5-2-8/h1-6H,7H2,(H3,13,15,16,17). The van der Waals surface area contributed by atoms with Gasteiger partial charge < -0.3 is 11.1 Å². The third kappa shape index (κ3) is 2.10. The molecule has 0 aliphatic carbocycles. The van der Waals surface area contributed by atoms with Crippen LogP contribution in [-0.4, -0.2) is 15.0 Å². The van der Waals surface area contributed by atoms with Gasteiger partial charge in [0, 0.05) is 18.9 Å². The molecule has 0 fully saturated rings. The van der Waals surface area contributed by atoms with Gasteiger partial charge in [-0.1, -0.05) is 0 Å². The summed E-state index contributed by atoms with van der Waals surface area (Å²) in [5.41, 5.74) is 6.83. The molecule has 18 heavy (non-hydrogen) atoms. The van der Waals surface area contributed by atoms with Crippen molar-refractivity contribution in [2.24, 2.45) is 0 Å². The summed E-state index contributed by atoms with van der Waals surface area (Å²) in [4.78, 5) is 13.3. The van der Waals surface area contributed by atoms with E-state index >= 15 is 0 Å². The molecule has 5 nitrogen and oxygen atoms in total. The fraction of sp³-hybridized carbons (Fsp3) is 0.0833. The highest BCUT2D eigenvalue weighted by Gasteiger charge is 2.06. The fourth-order valence-electron chi connectivity index (χ4n) is 1.69. The second-order valence-electron chi connectivity index (χ2n) is 3.78. The second-order valence-corrected chi connectivity index (χ2v) is 4.67.